The molecule has 31 heavy (non-hydrogen) atoms. The van der Waals surface area contributed by atoms with Crippen molar-refractivity contribution in [3.05, 3.63) is 46.7 Å². The monoisotopic (exact) mass is 448 g/mol. The van der Waals surface area contributed by atoms with E-state index in [1.165, 1.54) is 35.6 Å². The van der Waals surface area contributed by atoms with E-state index >= 15 is 0 Å². The van der Waals surface area contributed by atoms with Crippen molar-refractivity contribution in [2.75, 3.05) is 25.0 Å². The van der Waals surface area contributed by atoms with Gasteiger partial charge in [0.1, 0.15) is 5.82 Å². The van der Waals surface area contributed by atoms with Gasteiger partial charge >= 0.3 is 6.09 Å². The number of thiazole rings is 1. The molecule has 8 nitrogen and oxygen atoms in total. The summed E-state index contributed by atoms with van der Waals surface area (Å²) in [6, 6.07) is 5.30. The molecule has 0 radical (unpaired) electrons. The second-order valence-electron chi connectivity index (χ2n) is 7.13. The molecule has 0 spiro atoms. The van der Waals surface area contributed by atoms with E-state index < -0.39 is 5.82 Å². The fourth-order valence-electron chi connectivity index (χ4n) is 3.21. The molecule has 0 bridgehead atoms. The van der Waals surface area contributed by atoms with Crippen molar-refractivity contribution in [1.29, 1.82) is 0 Å². The van der Waals surface area contributed by atoms with E-state index in [2.05, 4.69) is 15.6 Å². The number of hydrogen-bond acceptors (Lipinski definition) is 6. The highest BCUT2D eigenvalue weighted by Gasteiger charge is 2.24. The Morgan fingerprint density at radius 3 is 2.61 bits per heavy atom. The summed E-state index contributed by atoms with van der Waals surface area (Å²) in [6.45, 7) is 3.25. The highest BCUT2D eigenvalue weighted by atomic mass is 32.1. The predicted molar refractivity (Wildman–Crippen MR) is 115 cm³/mol. The van der Waals surface area contributed by atoms with Gasteiger partial charge in [-0.3, -0.25) is 14.9 Å². The van der Waals surface area contributed by atoms with Crippen molar-refractivity contribution in [2.24, 2.45) is 0 Å². The van der Waals surface area contributed by atoms with E-state index in [0.717, 1.165) is 0 Å². The molecule has 1 aliphatic heterocycles. The quantitative estimate of drug-likeness (QED) is 0.678. The molecular weight excluding hydrogens is 423 g/mol. The molecule has 1 fully saturated rings. The summed E-state index contributed by atoms with van der Waals surface area (Å²) < 4.78 is 18.0. The number of carbonyl (C=O) groups excluding carboxylic acids is 3. The number of hydrogen-bond donors (Lipinski definition) is 2. The van der Waals surface area contributed by atoms with Gasteiger partial charge < -0.3 is 15.0 Å². The number of anilines is 1. The lowest BCUT2D eigenvalue weighted by Gasteiger charge is -2.31. The summed E-state index contributed by atoms with van der Waals surface area (Å²) >= 11 is 1.27. The van der Waals surface area contributed by atoms with E-state index in [1.807, 2.05) is 0 Å². The lowest BCUT2D eigenvalue weighted by Crippen LogP contribution is -2.46. The number of piperidine rings is 1. The van der Waals surface area contributed by atoms with E-state index in [-0.39, 0.29) is 30.4 Å². The lowest BCUT2D eigenvalue weighted by molar-refractivity contribution is -0.122. The molecule has 0 atom stereocenters. The zero-order valence-electron chi connectivity index (χ0n) is 17.2. The Balaban J connectivity index is 1.39. The van der Waals surface area contributed by atoms with Crippen LogP contribution >= 0.6 is 11.3 Å². The smallest absolute Gasteiger partial charge is 0.409 e. The third kappa shape index (κ3) is 6.74. The van der Waals surface area contributed by atoms with Crippen molar-refractivity contribution < 1.29 is 23.5 Å². The van der Waals surface area contributed by atoms with Crippen LogP contribution in [0.15, 0.2) is 29.6 Å². The number of nitrogens with zero attached hydrogens (tertiary/aromatic N) is 2. The number of ether oxygens (including phenoxy) is 1. The van der Waals surface area contributed by atoms with Gasteiger partial charge in [0.2, 0.25) is 5.91 Å². The fourth-order valence-corrected chi connectivity index (χ4v) is 3.95. The zero-order valence-corrected chi connectivity index (χ0v) is 18.0. The predicted octanol–water partition coefficient (Wildman–Crippen LogP) is 3.20. The average molecular weight is 449 g/mol. The minimum Gasteiger partial charge on any atom is -0.450 e. The van der Waals surface area contributed by atoms with Gasteiger partial charge in [0, 0.05) is 36.5 Å². The van der Waals surface area contributed by atoms with E-state index in [0.29, 0.717) is 55.3 Å². The highest BCUT2D eigenvalue weighted by Crippen LogP contribution is 2.18. The number of nitrogens with one attached hydrogen (secondary N) is 2. The molecule has 166 valence electrons. The van der Waals surface area contributed by atoms with E-state index in [1.54, 1.807) is 17.2 Å². The van der Waals surface area contributed by atoms with Crippen molar-refractivity contribution in [3.8, 4) is 0 Å². The first-order valence-corrected chi connectivity index (χ1v) is 11.0. The van der Waals surface area contributed by atoms with Crippen molar-refractivity contribution in [3.63, 3.8) is 0 Å². The van der Waals surface area contributed by atoms with Crippen LogP contribution in [-0.2, 0) is 16.0 Å². The Bertz CT molecular complexity index is 910. The van der Waals surface area contributed by atoms with Crippen LogP contribution in [0.5, 0.6) is 0 Å². The molecule has 2 heterocycles. The maximum absolute atomic E-state index is 13.0. The second kappa shape index (κ2) is 10.9. The lowest BCUT2D eigenvalue weighted by atomic mass is 10.1. The first-order valence-electron chi connectivity index (χ1n) is 10.2. The second-order valence-corrected chi connectivity index (χ2v) is 7.99. The summed E-state index contributed by atoms with van der Waals surface area (Å²) in [4.78, 5) is 42.1. The van der Waals surface area contributed by atoms with Crippen LogP contribution in [0.2, 0.25) is 0 Å². The Hall–Kier alpha value is -3.01. The molecule has 2 N–H and O–H groups in total. The third-order valence-electron chi connectivity index (χ3n) is 4.87. The number of rotatable bonds is 7. The normalized spacial score (nSPS) is 14.2. The Labute approximate surface area is 183 Å². The SMILES string of the molecule is CCOC(=O)N1CCC(NC(=O)CCc2csc(NC(=O)c3ccc(F)cc3)n2)CC1. The van der Waals surface area contributed by atoms with Gasteiger partial charge in [0.15, 0.2) is 5.13 Å². The summed E-state index contributed by atoms with van der Waals surface area (Å²) in [5.41, 5.74) is 1.05. The molecule has 1 aromatic heterocycles. The van der Waals surface area contributed by atoms with Gasteiger partial charge in [-0.1, -0.05) is 0 Å². The van der Waals surface area contributed by atoms with Gasteiger partial charge in [-0.15, -0.1) is 11.3 Å². The molecule has 1 aliphatic rings. The Morgan fingerprint density at radius 1 is 1.23 bits per heavy atom. The topological polar surface area (TPSA) is 101 Å². The fraction of sp³-hybridized carbons (Fsp3) is 0.429. The van der Waals surface area contributed by atoms with Gasteiger partial charge in [-0.05, 0) is 50.5 Å². The molecule has 0 unspecified atom stereocenters. The largest absolute Gasteiger partial charge is 0.450 e. The summed E-state index contributed by atoms with van der Waals surface area (Å²) in [6.07, 6.45) is 1.82. The van der Waals surface area contributed by atoms with E-state index in [9.17, 15) is 18.8 Å². The van der Waals surface area contributed by atoms with Crippen molar-refractivity contribution in [2.45, 2.75) is 38.6 Å². The number of aryl methyl sites for hydroxylation is 1. The minimum atomic E-state index is -0.407. The highest BCUT2D eigenvalue weighted by molar-refractivity contribution is 7.14. The molecule has 0 saturated carbocycles. The van der Waals surface area contributed by atoms with Crippen LogP contribution in [-0.4, -0.2) is 53.5 Å². The van der Waals surface area contributed by atoms with Crippen LogP contribution < -0.4 is 10.6 Å². The average Bonchev–Trinajstić information content (AvgIpc) is 3.20. The molecule has 3 amide bonds. The van der Waals surface area contributed by atoms with Crippen LogP contribution in [0.1, 0.15) is 42.2 Å². The number of carbonyl (C=O) groups is 3. The molecule has 3 rings (SSSR count). The van der Waals surface area contributed by atoms with Crippen LogP contribution in [0.4, 0.5) is 14.3 Å². The number of halogens is 1. The Morgan fingerprint density at radius 2 is 1.94 bits per heavy atom. The van der Waals surface area contributed by atoms with Crippen LogP contribution in [0, 0.1) is 5.82 Å². The number of likely N-dealkylation sites (tertiary alicyclic amines) is 1. The molecule has 10 heteroatoms. The number of aromatic nitrogens is 1. The molecule has 1 aromatic carbocycles. The Kier molecular flexibility index (Phi) is 7.94. The van der Waals surface area contributed by atoms with Gasteiger partial charge in [-0.2, -0.15) is 0 Å². The summed E-state index contributed by atoms with van der Waals surface area (Å²) in [7, 11) is 0. The maximum Gasteiger partial charge on any atom is 0.409 e. The van der Waals surface area contributed by atoms with Gasteiger partial charge in [0.25, 0.3) is 5.91 Å². The summed E-state index contributed by atoms with van der Waals surface area (Å²) in [5.74, 6) is -0.844. The summed E-state index contributed by atoms with van der Waals surface area (Å²) in [5, 5.41) is 7.90. The van der Waals surface area contributed by atoms with Crippen LogP contribution in [0.3, 0.4) is 0 Å². The maximum atomic E-state index is 13.0. The van der Waals surface area contributed by atoms with E-state index in [4.69, 9.17) is 4.74 Å². The molecule has 0 aliphatic carbocycles. The molecular formula is C21H25FN4O4S. The standard InChI is InChI=1S/C21H25FN4O4S/c1-2-30-21(29)26-11-9-16(10-12-26)23-18(27)8-7-17-13-31-20(24-17)25-19(28)14-3-5-15(22)6-4-14/h3-6,13,16H,2,7-12H2,1H3,(H,23,27)(H,24,25,28). The number of amides is 3. The minimum absolute atomic E-state index is 0.0409. The third-order valence-corrected chi connectivity index (χ3v) is 5.68. The van der Waals surface area contributed by atoms with Crippen LogP contribution in [0.25, 0.3) is 0 Å². The molecule has 1 saturated heterocycles. The first kappa shape index (κ1) is 22.7. The van der Waals surface area contributed by atoms with Gasteiger partial charge in [0.05, 0.1) is 12.3 Å². The van der Waals surface area contributed by atoms with Gasteiger partial charge in [-0.25, -0.2) is 14.2 Å². The number of benzene rings is 1. The first-order chi connectivity index (χ1) is 14.9. The zero-order chi connectivity index (χ0) is 22.2. The van der Waals surface area contributed by atoms with Crippen molar-refractivity contribution in [1.82, 2.24) is 15.2 Å². The molecule has 2 aromatic rings. The van der Waals surface area contributed by atoms with Crippen molar-refractivity contribution >= 4 is 34.4 Å².